The average Bonchev–Trinajstić information content (AvgIpc) is 2.90. The van der Waals surface area contributed by atoms with Crippen molar-refractivity contribution in [1.82, 2.24) is 24.6 Å². The molecule has 0 spiro atoms. The second-order valence-electron chi connectivity index (χ2n) is 7.64. The second kappa shape index (κ2) is 7.61. The van der Waals surface area contributed by atoms with Crippen LogP contribution in [0.4, 0.5) is 0 Å². The maximum atomic E-state index is 12.6. The third kappa shape index (κ3) is 3.72. The van der Waals surface area contributed by atoms with Crippen molar-refractivity contribution in [2.75, 3.05) is 6.54 Å². The van der Waals surface area contributed by atoms with Crippen LogP contribution in [0.3, 0.4) is 0 Å². The van der Waals surface area contributed by atoms with Crippen LogP contribution in [0.5, 0.6) is 0 Å². The fourth-order valence-electron chi connectivity index (χ4n) is 3.67. The summed E-state index contributed by atoms with van der Waals surface area (Å²) < 4.78 is 3.35. The zero-order valence-corrected chi connectivity index (χ0v) is 16.1. The predicted molar refractivity (Wildman–Crippen MR) is 102 cm³/mol. The van der Waals surface area contributed by atoms with E-state index in [9.17, 15) is 14.4 Å². The summed E-state index contributed by atoms with van der Waals surface area (Å²) in [5.74, 6) is 0.163. The molecule has 2 amide bonds. The number of carbonyl (C=O) groups is 2. The summed E-state index contributed by atoms with van der Waals surface area (Å²) >= 11 is 0. The third-order valence-electron chi connectivity index (χ3n) is 5.63. The predicted octanol–water partition coefficient (Wildman–Crippen LogP) is 1.04. The number of pyridine rings is 1. The first-order valence-corrected chi connectivity index (χ1v) is 9.80. The van der Waals surface area contributed by atoms with Crippen LogP contribution in [0.2, 0.25) is 0 Å². The summed E-state index contributed by atoms with van der Waals surface area (Å²) in [6, 6.07) is 4.89. The summed E-state index contributed by atoms with van der Waals surface area (Å²) in [5.41, 5.74) is 1.87. The monoisotopic (exact) mass is 383 g/mol. The molecule has 1 saturated carbocycles. The minimum Gasteiger partial charge on any atom is -0.346 e. The van der Waals surface area contributed by atoms with E-state index >= 15 is 0 Å². The topological polar surface area (TPSA) is 89.2 Å². The summed E-state index contributed by atoms with van der Waals surface area (Å²) in [4.78, 5) is 38.5. The van der Waals surface area contributed by atoms with Crippen LogP contribution in [0.25, 0.3) is 0 Å². The molecule has 0 aromatic carbocycles. The molecule has 0 unspecified atom stereocenters. The minimum absolute atomic E-state index is 0.201. The molecule has 0 atom stereocenters. The summed E-state index contributed by atoms with van der Waals surface area (Å²) in [7, 11) is 1.64. The Kier molecular flexibility index (Phi) is 5.02. The van der Waals surface area contributed by atoms with Crippen LogP contribution >= 0.6 is 0 Å². The second-order valence-corrected chi connectivity index (χ2v) is 7.64. The van der Waals surface area contributed by atoms with Crippen LogP contribution < -0.4 is 10.9 Å². The van der Waals surface area contributed by atoms with E-state index in [2.05, 4.69) is 10.4 Å². The highest BCUT2D eigenvalue weighted by Gasteiger charge is 2.30. The highest BCUT2D eigenvalue weighted by atomic mass is 16.2. The van der Waals surface area contributed by atoms with Crippen LogP contribution in [-0.2, 0) is 31.5 Å². The highest BCUT2D eigenvalue weighted by molar-refractivity contribution is 5.93. The molecule has 3 heterocycles. The molecule has 148 valence electrons. The molecule has 2 aromatic heterocycles. The molecule has 1 N–H and O–H groups in total. The average molecular weight is 383 g/mol. The van der Waals surface area contributed by atoms with Gasteiger partial charge in [-0.05, 0) is 31.4 Å². The maximum Gasteiger partial charge on any atom is 0.251 e. The minimum atomic E-state index is -0.303. The van der Waals surface area contributed by atoms with Crippen molar-refractivity contribution in [3.05, 3.63) is 51.7 Å². The third-order valence-corrected chi connectivity index (χ3v) is 5.63. The van der Waals surface area contributed by atoms with Crippen molar-refractivity contribution in [2.45, 2.75) is 45.3 Å². The molecule has 2 aromatic rings. The lowest BCUT2D eigenvalue weighted by atomic mass is 9.84. The molecular weight excluding hydrogens is 358 g/mol. The highest BCUT2D eigenvalue weighted by Crippen LogP contribution is 2.29. The summed E-state index contributed by atoms with van der Waals surface area (Å²) in [6.45, 7) is 2.40. The molecule has 1 aliphatic heterocycles. The maximum absolute atomic E-state index is 12.6. The van der Waals surface area contributed by atoms with Gasteiger partial charge in [0.15, 0.2) is 0 Å². The zero-order chi connectivity index (χ0) is 19.7. The van der Waals surface area contributed by atoms with Gasteiger partial charge in [0.25, 0.3) is 11.5 Å². The Morgan fingerprint density at radius 1 is 1.21 bits per heavy atom. The fraction of sp³-hybridized carbons (Fsp3) is 0.500. The first-order chi connectivity index (χ1) is 13.5. The van der Waals surface area contributed by atoms with Gasteiger partial charge in [-0.25, -0.2) is 0 Å². The number of amides is 2. The standard InChI is InChI=1S/C20H25N5O3/c1-23-9-6-15(10-18(23)26)19(27)21-12-16-11-17-13-24(7-3-8-25(17)22-16)20(28)14-4-2-5-14/h6,9-11,14H,2-5,7-8,12-13H2,1H3,(H,21,27). The van der Waals surface area contributed by atoms with Crippen LogP contribution in [-0.4, -0.2) is 37.6 Å². The van der Waals surface area contributed by atoms with E-state index in [1.807, 2.05) is 15.6 Å². The van der Waals surface area contributed by atoms with Gasteiger partial charge in [0.2, 0.25) is 5.91 Å². The summed E-state index contributed by atoms with van der Waals surface area (Å²) in [5, 5.41) is 7.39. The van der Waals surface area contributed by atoms with Gasteiger partial charge in [-0.15, -0.1) is 0 Å². The number of aromatic nitrogens is 3. The number of nitrogens with one attached hydrogen (secondary N) is 1. The van der Waals surface area contributed by atoms with Crippen LogP contribution in [0.15, 0.2) is 29.2 Å². The van der Waals surface area contributed by atoms with Gasteiger partial charge in [-0.3, -0.25) is 19.1 Å². The molecule has 8 nitrogen and oxygen atoms in total. The van der Waals surface area contributed by atoms with Gasteiger partial charge >= 0.3 is 0 Å². The van der Waals surface area contributed by atoms with Crippen molar-refractivity contribution in [3.8, 4) is 0 Å². The van der Waals surface area contributed by atoms with E-state index in [-0.39, 0.29) is 29.8 Å². The molecule has 0 saturated heterocycles. The van der Waals surface area contributed by atoms with Crippen LogP contribution in [0, 0.1) is 5.92 Å². The largest absolute Gasteiger partial charge is 0.346 e. The van der Waals surface area contributed by atoms with Crippen molar-refractivity contribution >= 4 is 11.8 Å². The lowest BCUT2D eigenvalue weighted by Gasteiger charge is -2.30. The lowest BCUT2D eigenvalue weighted by molar-refractivity contribution is -0.138. The molecule has 0 bridgehead atoms. The quantitative estimate of drug-likeness (QED) is 0.854. The van der Waals surface area contributed by atoms with Gasteiger partial charge in [0.05, 0.1) is 24.5 Å². The van der Waals surface area contributed by atoms with E-state index in [1.54, 1.807) is 19.3 Å². The number of nitrogens with zero attached hydrogens (tertiary/aromatic N) is 4. The van der Waals surface area contributed by atoms with Crippen LogP contribution in [0.1, 0.15) is 47.4 Å². The van der Waals surface area contributed by atoms with E-state index in [1.165, 1.54) is 10.6 Å². The van der Waals surface area contributed by atoms with Gasteiger partial charge in [0, 0.05) is 43.9 Å². The number of fused-ring (bicyclic) bond motifs is 1. The van der Waals surface area contributed by atoms with E-state index in [4.69, 9.17) is 0 Å². The van der Waals surface area contributed by atoms with Gasteiger partial charge in [-0.1, -0.05) is 6.42 Å². The molecule has 4 rings (SSSR count). The van der Waals surface area contributed by atoms with Crippen molar-refractivity contribution in [1.29, 1.82) is 0 Å². The number of aryl methyl sites for hydroxylation is 2. The SMILES string of the molecule is Cn1ccc(C(=O)NCc2cc3n(n2)CCCN(C(=O)C2CCC2)C3)cc1=O. The van der Waals surface area contributed by atoms with Crippen molar-refractivity contribution < 1.29 is 9.59 Å². The van der Waals surface area contributed by atoms with E-state index < -0.39 is 0 Å². The first-order valence-electron chi connectivity index (χ1n) is 9.80. The number of carbonyl (C=O) groups excluding carboxylic acids is 2. The Morgan fingerprint density at radius 2 is 2.04 bits per heavy atom. The number of hydrogen-bond donors (Lipinski definition) is 1. The Bertz CT molecular complexity index is 957. The van der Waals surface area contributed by atoms with Gasteiger partial charge in [0.1, 0.15) is 0 Å². The van der Waals surface area contributed by atoms with Gasteiger partial charge < -0.3 is 14.8 Å². The Labute approximate surface area is 163 Å². The molecule has 1 fully saturated rings. The van der Waals surface area contributed by atoms with Crippen molar-refractivity contribution in [3.63, 3.8) is 0 Å². The number of hydrogen-bond acceptors (Lipinski definition) is 4. The first kappa shape index (κ1) is 18.5. The smallest absolute Gasteiger partial charge is 0.251 e. The molecule has 28 heavy (non-hydrogen) atoms. The molecule has 2 aliphatic rings. The molecule has 8 heteroatoms. The Balaban J connectivity index is 1.40. The summed E-state index contributed by atoms with van der Waals surface area (Å²) in [6.07, 6.45) is 5.62. The lowest BCUT2D eigenvalue weighted by Crippen LogP contribution is -2.38. The molecular formula is C20H25N5O3. The normalized spacial score (nSPS) is 16.8. The Morgan fingerprint density at radius 3 is 2.75 bits per heavy atom. The zero-order valence-electron chi connectivity index (χ0n) is 16.1. The fourth-order valence-corrected chi connectivity index (χ4v) is 3.67. The van der Waals surface area contributed by atoms with Crippen molar-refractivity contribution in [2.24, 2.45) is 13.0 Å². The Hall–Kier alpha value is -2.90. The molecule has 1 aliphatic carbocycles. The number of rotatable bonds is 4. The molecule has 0 radical (unpaired) electrons. The van der Waals surface area contributed by atoms with Gasteiger partial charge in [-0.2, -0.15) is 5.10 Å². The van der Waals surface area contributed by atoms with E-state index in [0.717, 1.165) is 50.2 Å². The van der Waals surface area contributed by atoms with E-state index in [0.29, 0.717) is 12.1 Å².